The average Bonchev–Trinajstić information content (AvgIpc) is 3.29. The van der Waals surface area contributed by atoms with Crippen molar-refractivity contribution in [3.8, 4) is 5.88 Å². The molecule has 0 radical (unpaired) electrons. The second-order valence-electron chi connectivity index (χ2n) is 5.80. The van der Waals surface area contributed by atoms with Crippen LogP contribution in [0.15, 0.2) is 35.3 Å². The summed E-state index contributed by atoms with van der Waals surface area (Å²) in [5, 5.41) is 6.36. The van der Waals surface area contributed by atoms with Crippen molar-refractivity contribution in [3.05, 3.63) is 57.9 Å². The number of rotatable bonds is 4. The number of aryl methyl sites for hydroxylation is 1. The lowest BCUT2D eigenvalue weighted by Crippen LogP contribution is -2.36. The van der Waals surface area contributed by atoms with E-state index in [9.17, 15) is 4.79 Å². The lowest BCUT2D eigenvalue weighted by Gasteiger charge is -2.27. The highest BCUT2D eigenvalue weighted by atomic mass is 32.1. The Morgan fingerprint density at radius 2 is 2.28 bits per heavy atom. The van der Waals surface area contributed by atoms with E-state index in [2.05, 4.69) is 15.1 Å². The van der Waals surface area contributed by atoms with Crippen LogP contribution in [0.5, 0.6) is 5.88 Å². The Bertz CT molecular complexity index is 876. The molecule has 0 atom stereocenters. The van der Waals surface area contributed by atoms with E-state index < -0.39 is 0 Å². The highest BCUT2D eigenvalue weighted by Crippen LogP contribution is 2.24. The molecule has 0 aromatic carbocycles. The first-order valence-electron chi connectivity index (χ1n) is 7.97. The molecule has 0 spiro atoms. The van der Waals surface area contributed by atoms with Gasteiger partial charge in [0.15, 0.2) is 0 Å². The highest BCUT2D eigenvalue weighted by Gasteiger charge is 2.28. The first kappa shape index (κ1) is 15.8. The largest absolute Gasteiger partial charge is 0.471 e. The first-order valence-corrected chi connectivity index (χ1v) is 8.91. The van der Waals surface area contributed by atoms with Gasteiger partial charge in [0.05, 0.1) is 5.51 Å². The number of carbonyl (C=O) groups excluding carboxylic acids is 1. The van der Waals surface area contributed by atoms with Gasteiger partial charge in [0.2, 0.25) is 5.88 Å². The molecule has 0 saturated carbocycles. The molecule has 0 unspecified atom stereocenters. The van der Waals surface area contributed by atoms with Crippen LogP contribution in [0.1, 0.15) is 27.4 Å². The quantitative estimate of drug-likeness (QED) is 0.716. The summed E-state index contributed by atoms with van der Waals surface area (Å²) in [5.41, 5.74) is 5.25. The molecule has 4 heterocycles. The van der Waals surface area contributed by atoms with Crippen molar-refractivity contribution >= 4 is 17.2 Å². The van der Waals surface area contributed by atoms with Crippen LogP contribution in [0, 0.1) is 0 Å². The molecule has 1 aliphatic heterocycles. The molecule has 3 aromatic heterocycles. The lowest BCUT2D eigenvalue weighted by atomic mass is 10.0. The molecular formula is C17H17N5O2S. The van der Waals surface area contributed by atoms with Crippen molar-refractivity contribution in [1.82, 2.24) is 24.6 Å². The third kappa shape index (κ3) is 3.12. The van der Waals surface area contributed by atoms with E-state index in [1.807, 2.05) is 34.8 Å². The molecule has 0 bridgehead atoms. The monoisotopic (exact) mass is 355 g/mol. The minimum absolute atomic E-state index is 0.0349. The number of carbonyl (C=O) groups is 1. The fraction of sp³-hybridized carbons (Fsp3) is 0.294. The summed E-state index contributed by atoms with van der Waals surface area (Å²) < 4.78 is 7.62. The number of aromatic nitrogens is 4. The molecule has 128 valence electrons. The number of amides is 1. The van der Waals surface area contributed by atoms with Gasteiger partial charge < -0.3 is 9.64 Å². The van der Waals surface area contributed by atoms with Crippen LogP contribution < -0.4 is 4.74 Å². The fourth-order valence-corrected chi connectivity index (χ4v) is 3.54. The molecule has 25 heavy (non-hydrogen) atoms. The highest BCUT2D eigenvalue weighted by molar-refractivity contribution is 7.07. The number of fused-ring (bicyclic) bond motifs is 1. The molecule has 0 fully saturated rings. The summed E-state index contributed by atoms with van der Waals surface area (Å²) in [6, 6.07) is 5.54. The van der Waals surface area contributed by atoms with E-state index in [0.717, 1.165) is 23.4 Å². The SMILES string of the molecule is Cn1nc(COc2ccccn2)c2c1CCN(C(=O)c1cscn1)C2. The molecule has 3 aromatic rings. The van der Waals surface area contributed by atoms with Crippen LogP contribution in [0.25, 0.3) is 0 Å². The number of nitrogens with zero attached hydrogens (tertiary/aromatic N) is 5. The van der Waals surface area contributed by atoms with Crippen LogP contribution >= 0.6 is 11.3 Å². The van der Waals surface area contributed by atoms with Gasteiger partial charge in [-0.2, -0.15) is 5.10 Å². The number of pyridine rings is 1. The minimum atomic E-state index is -0.0349. The van der Waals surface area contributed by atoms with Gasteiger partial charge in [-0.1, -0.05) is 6.07 Å². The van der Waals surface area contributed by atoms with E-state index >= 15 is 0 Å². The van der Waals surface area contributed by atoms with E-state index in [0.29, 0.717) is 31.3 Å². The smallest absolute Gasteiger partial charge is 0.273 e. The summed E-state index contributed by atoms with van der Waals surface area (Å²) in [5.74, 6) is 0.528. The zero-order valence-corrected chi connectivity index (χ0v) is 14.6. The van der Waals surface area contributed by atoms with Crippen molar-refractivity contribution in [2.75, 3.05) is 6.54 Å². The Morgan fingerprint density at radius 1 is 1.36 bits per heavy atom. The number of thiazole rings is 1. The summed E-state index contributed by atoms with van der Waals surface area (Å²) in [6.07, 6.45) is 2.47. The maximum Gasteiger partial charge on any atom is 0.273 e. The standard InChI is InChI=1S/C17H17N5O2S/c1-21-15-5-7-22(17(23)14-10-25-11-19-14)8-12(15)13(20-21)9-24-16-4-2-3-6-18-16/h2-4,6,10-11H,5,7-9H2,1H3. The van der Waals surface area contributed by atoms with Gasteiger partial charge in [-0.25, -0.2) is 9.97 Å². The van der Waals surface area contributed by atoms with Crippen molar-refractivity contribution in [3.63, 3.8) is 0 Å². The topological polar surface area (TPSA) is 73.1 Å². The molecule has 7 nitrogen and oxygen atoms in total. The van der Waals surface area contributed by atoms with Crippen molar-refractivity contribution in [2.24, 2.45) is 7.05 Å². The zero-order chi connectivity index (χ0) is 17.2. The van der Waals surface area contributed by atoms with Crippen molar-refractivity contribution in [1.29, 1.82) is 0 Å². The lowest BCUT2D eigenvalue weighted by molar-refractivity contribution is 0.0727. The fourth-order valence-electron chi connectivity index (χ4n) is 3.01. The molecule has 8 heteroatoms. The number of hydrogen-bond acceptors (Lipinski definition) is 6. The van der Waals surface area contributed by atoms with Crippen LogP contribution in [0.2, 0.25) is 0 Å². The molecule has 4 rings (SSSR count). The molecule has 1 aliphatic rings. The second-order valence-corrected chi connectivity index (χ2v) is 6.52. The Labute approximate surface area is 148 Å². The Balaban J connectivity index is 1.53. The van der Waals surface area contributed by atoms with Gasteiger partial charge in [-0.3, -0.25) is 9.48 Å². The molecular weight excluding hydrogens is 338 g/mol. The molecule has 0 saturated heterocycles. The van der Waals surface area contributed by atoms with Crippen LogP contribution in [0.3, 0.4) is 0 Å². The maximum atomic E-state index is 12.6. The van der Waals surface area contributed by atoms with Gasteiger partial charge in [0.1, 0.15) is 18.0 Å². The molecule has 0 N–H and O–H groups in total. The predicted molar refractivity (Wildman–Crippen MR) is 92.3 cm³/mol. The number of ether oxygens (including phenoxy) is 1. The van der Waals surface area contributed by atoms with Gasteiger partial charge in [-0.15, -0.1) is 11.3 Å². The Kier molecular flexibility index (Phi) is 4.19. The molecule has 1 amide bonds. The first-order chi connectivity index (χ1) is 12.2. The van der Waals surface area contributed by atoms with Crippen LogP contribution in [-0.2, 0) is 26.6 Å². The third-order valence-corrected chi connectivity index (χ3v) is 4.85. The zero-order valence-electron chi connectivity index (χ0n) is 13.8. The minimum Gasteiger partial charge on any atom is -0.471 e. The van der Waals surface area contributed by atoms with Crippen molar-refractivity contribution < 1.29 is 9.53 Å². The van der Waals surface area contributed by atoms with Gasteiger partial charge in [-0.05, 0) is 6.07 Å². The normalized spacial score (nSPS) is 13.6. The predicted octanol–water partition coefficient (Wildman–Crippen LogP) is 2.05. The summed E-state index contributed by atoms with van der Waals surface area (Å²) in [4.78, 5) is 22.7. The van der Waals surface area contributed by atoms with Gasteiger partial charge in [0, 0.05) is 55.5 Å². The maximum absolute atomic E-state index is 12.6. The summed E-state index contributed by atoms with van der Waals surface area (Å²) in [7, 11) is 1.93. The van der Waals surface area contributed by atoms with Gasteiger partial charge in [0.25, 0.3) is 5.91 Å². The van der Waals surface area contributed by atoms with Crippen molar-refractivity contribution in [2.45, 2.75) is 19.6 Å². The molecule has 0 aliphatic carbocycles. The summed E-state index contributed by atoms with van der Waals surface area (Å²) in [6.45, 7) is 1.53. The van der Waals surface area contributed by atoms with E-state index in [4.69, 9.17) is 4.74 Å². The van der Waals surface area contributed by atoms with Crippen LogP contribution in [0.4, 0.5) is 0 Å². The van der Waals surface area contributed by atoms with E-state index in [1.54, 1.807) is 17.1 Å². The Morgan fingerprint density at radius 3 is 3.04 bits per heavy atom. The van der Waals surface area contributed by atoms with Gasteiger partial charge >= 0.3 is 0 Å². The van der Waals surface area contributed by atoms with E-state index in [1.165, 1.54) is 11.3 Å². The van der Waals surface area contributed by atoms with Crippen LogP contribution in [-0.4, -0.2) is 37.1 Å². The third-order valence-electron chi connectivity index (χ3n) is 4.26. The Hall–Kier alpha value is -2.74. The average molecular weight is 355 g/mol. The summed E-state index contributed by atoms with van der Waals surface area (Å²) >= 11 is 1.43. The second kappa shape index (κ2) is 6.64. The van der Waals surface area contributed by atoms with E-state index in [-0.39, 0.29) is 5.91 Å². The number of hydrogen-bond donors (Lipinski definition) is 0.